The molecule has 1 aromatic rings. The van der Waals surface area contributed by atoms with Crippen LogP contribution in [0.1, 0.15) is 49.0 Å². The van der Waals surface area contributed by atoms with Crippen LogP contribution < -0.4 is 5.32 Å². The van der Waals surface area contributed by atoms with Crippen LogP contribution in [0.3, 0.4) is 0 Å². The quantitative estimate of drug-likeness (QED) is 0.875. The number of H-pyrrole nitrogens is 1. The molecule has 0 aliphatic heterocycles. The molecule has 1 aromatic heterocycles. The summed E-state index contributed by atoms with van der Waals surface area (Å²) >= 11 is 0. The lowest BCUT2D eigenvalue weighted by Gasteiger charge is -2.56. The van der Waals surface area contributed by atoms with Gasteiger partial charge in [0.05, 0.1) is 0 Å². The van der Waals surface area contributed by atoms with Crippen molar-refractivity contribution in [2.75, 3.05) is 6.54 Å². The summed E-state index contributed by atoms with van der Waals surface area (Å²) in [6.45, 7) is 0.856. The van der Waals surface area contributed by atoms with Crippen molar-refractivity contribution in [2.24, 2.45) is 23.2 Å². The zero-order valence-electron chi connectivity index (χ0n) is 11.2. The Morgan fingerprint density at radius 3 is 2.42 bits per heavy atom. The van der Waals surface area contributed by atoms with Crippen molar-refractivity contribution in [3.63, 3.8) is 0 Å². The topological polar surface area (TPSA) is 57.8 Å². The molecule has 4 saturated carbocycles. The van der Waals surface area contributed by atoms with Gasteiger partial charge in [0.1, 0.15) is 5.69 Å². The molecule has 102 valence electrons. The Bertz CT molecular complexity index is 444. The predicted molar refractivity (Wildman–Crippen MR) is 71.5 cm³/mol. The molecular weight excluding hydrogens is 238 g/mol. The average Bonchev–Trinajstić information content (AvgIpc) is 2.88. The van der Waals surface area contributed by atoms with Crippen LogP contribution in [-0.4, -0.2) is 22.6 Å². The summed E-state index contributed by atoms with van der Waals surface area (Å²) in [6, 6.07) is 1.73. The fraction of sp³-hybridized carbons (Fsp3) is 0.733. The molecule has 4 aliphatic rings. The Morgan fingerprint density at radius 1 is 1.26 bits per heavy atom. The van der Waals surface area contributed by atoms with Crippen molar-refractivity contribution < 1.29 is 4.79 Å². The molecule has 4 aliphatic carbocycles. The van der Waals surface area contributed by atoms with Gasteiger partial charge in [-0.1, -0.05) is 0 Å². The number of carbonyl (C=O) groups excluding carboxylic acids is 1. The van der Waals surface area contributed by atoms with Crippen LogP contribution >= 0.6 is 0 Å². The minimum Gasteiger partial charge on any atom is -0.350 e. The third-order valence-corrected chi connectivity index (χ3v) is 5.53. The number of carbonyl (C=O) groups is 1. The highest BCUT2D eigenvalue weighted by molar-refractivity contribution is 5.92. The number of hydrogen-bond acceptors (Lipinski definition) is 2. The van der Waals surface area contributed by atoms with Gasteiger partial charge < -0.3 is 5.32 Å². The molecule has 1 amide bonds. The summed E-state index contributed by atoms with van der Waals surface area (Å²) in [5.74, 6) is 2.81. The molecule has 5 rings (SSSR count). The molecule has 4 heteroatoms. The van der Waals surface area contributed by atoms with Gasteiger partial charge in [0.15, 0.2) is 0 Å². The molecule has 4 nitrogen and oxygen atoms in total. The normalized spacial score (nSPS) is 39.5. The van der Waals surface area contributed by atoms with E-state index in [9.17, 15) is 4.79 Å². The van der Waals surface area contributed by atoms with Crippen LogP contribution in [0.4, 0.5) is 0 Å². The van der Waals surface area contributed by atoms with Crippen LogP contribution in [0.25, 0.3) is 0 Å². The Kier molecular flexibility index (Phi) is 2.47. The number of hydrogen-bond donors (Lipinski definition) is 2. The van der Waals surface area contributed by atoms with Crippen LogP contribution in [0.2, 0.25) is 0 Å². The van der Waals surface area contributed by atoms with Crippen LogP contribution in [0, 0.1) is 23.2 Å². The SMILES string of the molecule is O=C(NCC12CC3CC(CC(C3)C1)C2)c1ccn[nH]1. The minimum atomic E-state index is -0.00625. The lowest BCUT2D eigenvalue weighted by atomic mass is 9.49. The Hall–Kier alpha value is -1.32. The maximum Gasteiger partial charge on any atom is 0.269 e. The monoisotopic (exact) mass is 259 g/mol. The van der Waals surface area contributed by atoms with Gasteiger partial charge in [-0.2, -0.15) is 5.10 Å². The maximum absolute atomic E-state index is 12.0. The third kappa shape index (κ3) is 1.97. The smallest absolute Gasteiger partial charge is 0.269 e. The van der Waals surface area contributed by atoms with Gasteiger partial charge in [0, 0.05) is 12.7 Å². The first-order chi connectivity index (χ1) is 9.22. The van der Waals surface area contributed by atoms with Crippen molar-refractivity contribution in [1.82, 2.24) is 15.5 Å². The van der Waals surface area contributed by atoms with Gasteiger partial charge in [0.2, 0.25) is 0 Å². The summed E-state index contributed by atoms with van der Waals surface area (Å²) < 4.78 is 0. The first kappa shape index (κ1) is 11.5. The van der Waals surface area contributed by atoms with E-state index in [1.54, 1.807) is 12.3 Å². The molecule has 0 radical (unpaired) electrons. The van der Waals surface area contributed by atoms with Gasteiger partial charge in [-0.15, -0.1) is 0 Å². The van der Waals surface area contributed by atoms with Gasteiger partial charge >= 0.3 is 0 Å². The Morgan fingerprint density at radius 2 is 1.89 bits per heavy atom. The summed E-state index contributed by atoms with van der Waals surface area (Å²) in [4.78, 5) is 12.0. The predicted octanol–water partition coefficient (Wildman–Crippen LogP) is 2.36. The number of aromatic amines is 1. The third-order valence-electron chi connectivity index (χ3n) is 5.53. The second-order valence-corrected chi connectivity index (χ2v) is 7.07. The number of rotatable bonds is 3. The highest BCUT2D eigenvalue weighted by atomic mass is 16.1. The van der Waals surface area contributed by atoms with Gasteiger partial charge in [-0.05, 0) is 67.8 Å². The van der Waals surface area contributed by atoms with Gasteiger partial charge in [0.25, 0.3) is 5.91 Å². The van der Waals surface area contributed by atoms with E-state index in [-0.39, 0.29) is 5.91 Å². The largest absolute Gasteiger partial charge is 0.350 e. The molecule has 4 bridgehead atoms. The van der Waals surface area contributed by atoms with E-state index in [0.29, 0.717) is 11.1 Å². The van der Waals surface area contributed by atoms with E-state index in [0.717, 1.165) is 24.3 Å². The highest BCUT2D eigenvalue weighted by Crippen LogP contribution is 2.59. The highest BCUT2D eigenvalue weighted by Gasteiger charge is 2.50. The van der Waals surface area contributed by atoms with E-state index in [2.05, 4.69) is 15.5 Å². The zero-order chi connectivity index (χ0) is 12.9. The first-order valence-corrected chi connectivity index (χ1v) is 7.50. The molecule has 19 heavy (non-hydrogen) atoms. The molecule has 0 spiro atoms. The molecule has 0 atom stereocenters. The van der Waals surface area contributed by atoms with Crippen LogP contribution in [-0.2, 0) is 0 Å². The summed E-state index contributed by atoms with van der Waals surface area (Å²) in [5.41, 5.74) is 0.981. The van der Waals surface area contributed by atoms with Crippen LogP contribution in [0.15, 0.2) is 12.3 Å². The lowest BCUT2D eigenvalue weighted by molar-refractivity contribution is -0.0503. The molecule has 0 saturated heterocycles. The van der Waals surface area contributed by atoms with Crippen LogP contribution in [0.5, 0.6) is 0 Å². The zero-order valence-corrected chi connectivity index (χ0v) is 11.2. The van der Waals surface area contributed by atoms with Crippen molar-refractivity contribution in [2.45, 2.75) is 38.5 Å². The molecule has 0 aromatic carbocycles. The summed E-state index contributed by atoms with van der Waals surface area (Å²) in [6.07, 6.45) is 9.99. The maximum atomic E-state index is 12.0. The van der Waals surface area contributed by atoms with Gasteiger partial charge in [-0.25, -0.2) is 0 Å². The van der Waals surface area contributed by atoms with Crippen molar-refractivity contribution >= 4 is 5.91 Å². The summed E-state index contributed by atoms with van der Waals surface area (Å²) in [5, 5.41) is 9.70. The fourth-order valence-corrected chi connectivity index (χ4v) is 5.25. The van der Waals surface area contributed by atoms with Gasteiger partial charge in [-0.3, -0.25) is 9.89 Å². The van der Waals surface area contributed by atoms with Crippen molar-refractivity contribution in [1.29, 1.82) is 0 Å². The van der Waals surface area contributed by atoms with Crippen molar-refractivity contribution in [3.8, 4) is 0 Å². The molecule has 0 unspecified atom stereocenters. The number of nitrogens with one attached hydrogen (secondary N) is 2. The number of amides is 1. The molecule has 1 heterocycles. The van der Waals surface area contributed by atoms with E-state index < -0.39 is 0 Å². The molecule has 4 fully saturated rings. The second kappa shape index (κ2) is 4.09. The standard InChI is InChI=1S/C15H21N3O/c19-14(13-1-2-17-18-13)16-9-15-6-10-3-11(7-15)5-12(4-10)8-15/h1-2,10-12H,3-9H2,(H,16,19)(H,17,18). The molecule has 2 N–H and O–H groups in total. The van der Waals surface area contributed by atoms with E-state index in [1.807, 2.05) is 0 Å². The number of nitrogens with zero attached hydrogens (tertiary/aromatic N) is 1. The van der Waals surface area contributed by atoms with E-state index in [4.69, 9.17) is 0 Å². The first-order valence-electron chi connectivity index (χ1n) is 7.50. The minimum absolute atomic E-state index is 0.00625. The van der Waals surface area contributed by atoms with E-state index >= 15 is 0 Å². The van der Waals surface area contributed by atoms with Crippen molar-refractivity contribution in [3.05, 3.63) is 18.0 Å². The average molecular weight is 259 g/mol. The lowest BCUT2D eigenvalue weighted by Crippen LogP contribution is -2.51. The molecular formula is C15H21N3O. The Labute approximate surface area is 113 Å². The second-order valence-electron chi connectivity index (χ2n) is 7.07. The fourth-order valence-electron chi connectivity index (χ4n) is 5.25. The van der Waals surface area contributed by atoms with E-state index in [1.165, 1.54) is 38.5 Å². The number of aromatic nitrogens is 2. The Balaban J connectivity index is 1.44. The summed E-state index contributed by atoms with van der Waals surface area (Å²) in [7, 11) is 0.